The molecule has 0 aliphatic carbocycles. The Bertz CT molecular complexity index is 1080. The Kier molecular flexibility index (Phi) is 6.61. The quantitative estimate of drug-likeness (QED) is 0.246. The van der Waals surface area contributed by atoms with E-state index in [0.29, 0.717) is 17.0 Å². The third-order valence-electron chi connectivity index (χ3n) is 4.46. The first-order chi connectivity index (χ1) is 14.8. The maximum Gasteiger partial charge on any atom is 0.349 e. The molecule has 0 heterocycles. The van der Waals surface area contributed by atoms with Crippen molar-refractivity contribution >= 4 is 23.3 Å². The fourth-order valence-electron chi connectivity index (χ4n) is 2.71. The number of anilines is 1. The summed E-state index contributed by atoms with van der Waals surface area (Å²) in [6.45, 7) is 1.62. The number of amides is 1. The maximum atomic E-state index is 12.6. The average molecular weight is 420 g/mol. The van der Waals surface area contributed by atoms with Crippen LogP contribution in [0.3, 0.4) is 0 Å². The second-order valence-electron chi connectivity index (χ2n) is 6.74. The number of benzene rings is 3. The van der Waals surface area contributed by atoms with Crippen molar-refractivity contribution in [3.8, 4) is 11.5 Å². The lowest BCUT2D eigenvalue weighted by Crippen LogP contribution is -2.26. The summed E-state index contributed by atoms with van der Waals surface area (Å²) in [6, 6.07) is 19.2. The van der Waals surface area contributed by atoms with Gasteiger partial charge in [-0.1, -0.05) is 17.7 Å². The van der Waals surface area contributed by atoms with Crippen LogP contribution < -0.4 is 14.4 Å². The van der Waals surface area contributed by atoms with Gasteiger partial charge < -0.3 is 14.4 Å². The lowest BCUT2D eigenvalue weighted by atomic mass is 10.1. The monoisotopic (exact) mass is 420 g/mol. The molecule has 0 spiro atoms. The van der Waals surface area contributed by atoms with Crippen LogP contribution in [0.2, 0.25) is 0 Å². The van der Waals surface area contributed by atoms with Gasteiger partial charge in [0.15, 0.2) is 6.61 Å². The predicted octanol–water partition coefficient (Wildman–Crippen LogP) is 4.16. The van der Waals surface area contributed by atoms with Crippen LogP contribution in [0.5, 0.6) is 11.5 Å². The van der Waals surface area contributed by atoms with Gasteiger partial charge in [-0.25, -0.2) is 4.79 Å². The van der Waals surface area contributed by atoms with Crippen LogP contribution in [0.15, 0.2) is 72.8 Å². The van der Waals surface area contributed by atoms with Gasteiger partial charge in [0.05, 0.1) is 4.92 Å². The van der Waals surface area contributed by atoms with Crippen LogP contribution in [-0.4, -0.2) is 30.5 Å². The normalized spacial score (nSPS) is 10.3. The number of carbonyl (C=O) groups excluding carboxylic acids is 2. The fraction of sp³-hybridized carbons (Fsp3) is 0.130. The molecule has 3 rings (SSSR count). The lowest BCUT2D eigenvalue weighted by Gasteiger charge is -2.18. The third-order valence-corrected chi connectivity index (χ3v) is 4.46. The highest BCUT2D eigenvalue weighted by molar-refractivity contribution is 6.05. The van der Waals surface area contributed by atoms with Crippen LogP contribution in [0.25, 0.3) is 0 Å². The van der Waals surface area contributed by atoms with Gasteiger partial charge in [-0.05, 0) is 55.5 Å². The molecule has 8 heteroatoms. The Labute approximate surface area is 178 Å². The van der Waals surface area contributed by atoms with Crippen LogP contribution in [0.4, 0.5) is 11.4 Å². The Morgan fingerprint density at radius 2 is 1.48 bits per heavy atom. The molecule has 0 atom stereocenters. The number of ether oxygens (including phenoxy) is 2. The molecule has 0 unspecified atom stereocenters. The van der Waals surface area contributed by atoms with E-state index < -0.39 is 10.9 Å². The van der Waals surface area contributed by atoms with Gasteiger partial charge in [-0.15, -0.1) is 0 Å². The molecule has 3 aromatic rings. The Morgan fingerprint density at radius 3 is 2.06 bits per heavy atom. The molecule has 0 aliphatic rings. The second-order valence-corrected chi connectivity index (χ2v) is 6.74. The van der Waals surface area contributed by atoms with Crippen molar-refractivity contribution in [2.45, 2.75) is 6.92 Å². The minimum atomic E-state index is -0.649. The molecular formula is C23H20N2O6. The molecule has 0 radical (unpaired) electrons. The van der Waals surface area contributed by atoms with Crippen LogP contribution in [-0.2, 0) is 4.79 Å². The third kappa shape index (κ3) is 5.66. The highest BCUT2D eigenvalue weighted by Crippen LogP contribution is 2.21. The minimum absolute atomic E-state index is 0.0954. The number of nitro groups is 1. The number of nitro benzene ring substituents is 1. The van der Waals surface area contributed by atoms with E-state index in [1.807, 2.05) is 19.1 Å². The van der Waals surface area contributed by atoms with Gasteiger partial charge >= 0.3 is 5.97 Å². The highest BCUT2D eigenvalue weighted by Gasteiger charge is 2.14. The molecule has 0 aromatic heterocycles. The second kappa shape index (κ2) is 9.53. The Morgan fingerprint density at radius 1 is 0.903 bits per heavy atom. The number of esters is 1. The first-order valence-electron chi connectivity index (χ1n) is 9.36. The summed E-state index contributed by atoms with van der Waals surface area (Å²) >= 11 is 0. The smallest absolute Gasteiger partial charge is 0.349 e. The van der Waals surface area contributed by atoms with Crippen molar-refractivity contribution < 1.29 is 24.0 Å². The predicted molar refractivity (Wildman–Crippen MR) is 115 cm³/mol. The van der Waals surface area contributed by atoms with Gasteiger partial charge in [-0.3, -0.25) is 14.9 Å². The minimum Gasteiger partial charge on any atom is -0.482 e. The summed E-state index contributed by atoms with van der Waals surface area (Å²) in [4.78, 5) is 36.1. The number of nitrogens with zero attached hydrogens (tertiary/aromatic N) is 2. The van der Waals surface area contributed by atoms with Gasteiger partial charge in [-0.2, -0.15) is 0 Å². The van der Waals surface area contributed by atoms with Gasteiger partial charge in [0.1, 0.15) is 11.5 Å². The van der Waals surface area contributed by atoms with E-state index in [9.17, 15) is 19.7 Å². The zero-order valence-corrected chi connectivity index (χ0v) is 17.0. The number of rotatable bonds is 7. The zero-order valence-electron chi connectivity index (χ0n) is 17.0. The summed E-state index contributed by atoms with van der Waals surface area (Å²) < 4.78 is 10.5. The summed E-state index contributed by atoms with van der Waals surface area (Å²) in [5.74, 6) is -0.170. The summed E-state index contributed by atoms with van der Waals surface area (Å²) in [5.41, 5.74) is 2.24. The SMILES string of the molecule is Cc1ccc(C(=O)N(C)c2ccc(OCC(=O)Oc3ccc([N+](=O)[O-])cc3)cc2)cc1. The van der Waals surface area contributed by atoms with E-state index in [1.54, 1.807) is 43.4 Å². The molecular weight excluding hydrogens is 400 g/mol. The number of aryl methyl sites for hydroxylation is 1. The molecule has 0 fully saturated rings. The van der Waals surface area contributed by atoms with Crippen molar-refractivity contribution in [1.82, 2.24) is 0 Å². The Balaban J connectivity index is 1.53. The molecule has 3 aromatic carbocycles. The number of carbonyl (C=O) groups is 2. The fourth-order valence-corrected chi connectivity index (χ4v) is 2.71. The first-order valence-corrected chi connectivity index (χ1v) is 9.36. The van der Waals surface area contributed by atoms with E-state index in [0.717, 1.165) is 5.56 Å². The van der Waals surface area contributed by atoms with Crippen molar-refractivity contribution in [2.75, 3.05) is 18.6 Å². The molecule has 158 valence electrons. The van der Waals surface area contributed by atoms with Gasteiger partial charge in [0.25, 0.3) is 11.6 Å². The Hall–Kier alpha value is -4.20. The molecule has 0 N–H and O–H groups in total. The molecule has 1 amide bonds. The standard InChI is InChI=1S/C23H20N2O6/c1-16-3-5-17(6-4-16)23(27)24(2)18-7-11-20(12-8-18)30-15-22(26)31-21-13-9-19(10-14-21)25(28)29/h3-14H,15H2,1-2H3. The van der Waals surface area contributed by atoms with E-state index in [1.165, 1.54) is 29.2 Å². The molecule has 31 heavy (non-hydrogen) atoms. The highest BCUT2D eigenvalue weighted by atomic mass is 16.6. The van der Waals surface area contributed by atoms with Crippen LogP contribution in [0, 0.1) is 17.0 Å². The summed E-state index contributed by atoms with van der Waals surface area (Å²) in [5, 5.41) is 10.6. The zero-order chi connectivity index (χ0) is 22.4. The molecule has 0 saturated heterocycles. The van der Waals surface area contributed by atoms with Crippen LogP contribution >= 0.6 is 0 Å². The maximum absolute atomic E-state index is 12.6. The topological polar surface area (TPSA) is 99.0 Å². The van der Waals surface area contributed by atoms with Crippen LogP contribution in [0.1, 0.15) is 15.9 Å². The van der Waals surface area contributed by atoms with Crippen molar-refractivity contribution in [3.63, 3.8) is 0 Å². The number of hydrogen-bond acceptors (Lipinski definition) is 6. The van der Waals surface area contributed by atoms with E-state index in [-0.39, 0.29) is 24.0 Å². The molecule has 0 saturated carbocycles. The average Bonchev–Trinajstić information content (AvgIpc) is 2.78. The summed E-state index contributed by atoms with van der Waals surface area (Å²) in [7, 11) is 1.68. The van der Waals surface area contributed by atoms with Crippen molar-refractivity contribution in [3.05, 3.63) is 94.0 Å². The van der Waals surface area contributed by atoms with Gasteiger partial charge in [0, 0.05) is 30.4 Å². The molecule has 0 aliphatic heterocycles. The lowest BCUT2D eigenvalue weighted by molar-refractivity contribution is -0.384. The van der Waals surface area contributed by atoms with Crippen molar-refractivity contribution in [1.29, 1.82) is 0 Å². The number of non-ortho nitro benzene ring substituents is 1. The first kappa shape index (κ1) is 21.5. The van der Waals surface area contributed by atoms with E-state index in [4.69, 9.17) is 9.47 Å². The van der Waals surface area contributed by atoms with Gasteiger partial charge in [0.2, 0.25) is 0 Å². The van der Waals surface area contributed by atoms with Crippen molar-refractivity contribution in [2.24, 2.45) is 0 Å². The van der Waals surface area contributed by atoms with E-state index >= 15 is 0 Å². The summed E-state index contributed by atoms with van der Waals surface area (Å²) in [6.07, 6.45) is 0. The van der Waals surface area contributed by atoms with E-state index in [2.05, 4.69) is 0 Å². The largest absolute Gasteiger partial charge is 0.482 e. The number of hydrogen-bond donors (Lipinski definition) is 0. The molecule has 8 nitrogen and oxygen atoms in total. The molecule has 0 bridgehead atoms.